The van der Waals surface area contributed by atoms with Gasteiger partial charge in [-0.25, -0.2) is 9.78 Å². The summed E-state index contributed by atoms with van der Waals surface area (Å²) in [5.41, 5.74) is 1.88. The number of carboxylic acid groups (broad SMARTS) is 1. The molecule has 4 nitrogen and oxygen atoms in total. The molecule has 0 spiro atoms. The largest absolute Gasteiger partial charge is 0.478 e. The summed E-state index contributed by atoms with van der Waals surface area (Å²) in [5.74, 6) is -0.0992. The third-order valence-corrected chi connectivity index (χ3v) is 3.35. The van der Waals surface area contributed by atoms with Gasteiger partial charge in [0.2, 0.25) is 0 Å². The Morgan fingerprint density at radius 1 is 1.32 bits per heavy atom. The number of hydrogen-bond acceptors (Lipinski definition) is 3. The van der Waals surface area contributed by atoms with Crippen molar-refractivity contribution in [2.75, 3.05) is 18.0 Å². The van der Waals surface area contributed by atoms with Crippen LogP contribution in [0, 0.1) is 6.92 Å². The van der Waals surface area contributed by atoms with E-state index in [-0.39, 0.29) is 5.56 Å². The van der Waals surface area contributed by atoms with Crippen molar-refractivity contribution in [1.29, 1.82) is 0 Å². The third-order valence-electron chi connectivity index (χ3n) is 3.35. The highest BCUT2D eigenvalue weighted by atomic mass is 16.4. The molecule has 1 aromatic carbocycles. The second-order valence-electron chi connectivity index (χ2n) is 4.48. The number of anilines is 1. The molecule has 0 saturated heterocycles. The Hall–Kier alpha value is -2.10. The van der Waals surface area contributed by atoms with Gasteiger partial charge in [0.15, 0.2) is 0 Å². The monoisotopic (exact) mass is 258 g/mol. The molecule has 0 amide bonds. The maximum Gasteiger partial charge on any atom is 0.337 e. The number of nitrogens with zero attached hydrogens (tertiary/aromatic N) is 2. The standard InChI is InChI=1S/C15H18N2O2/c1-4-17(5-2)13-9-10(3)11-7-6-8-12(15(18)19)14(11)16-13/h6-9H,4-5H2,1-3H3,(H,18,19). The smallest absolute Gasteiger partial charge is 0.337 e. The Kier molecular flexibility index (Phi) is 3.69. The molecule has 4 heteroatoms. The van der Waals surface area contributed by atoms with E-state index in [1.807, 2.05) is 19.1 Å². The average molecular weight is 258 g/mol. The number of aromatic nitrogens is 1. The van der Waals surface area contributed by atoms with Crippen LogP contribution >= 0.6 is 0 Å². The van der Waals surface area contributed by atoms with Crippen LogP contribution in [0.15, 0.2) is 24.3 Å². The van der Waals surface area contributed by atoms with E-state index in [4.69, 9.17) is 0 Å². The molecule has 0 atom stereocenters. The molecule has 0 radical (unpaired) electrons. The molecule has 1 heterocycles. The summed E-state index contributed by atoms with van der Waals surface area (Å²) in [6.07, 6.45) is 0. The summed E-state index contributed by atoms with van der Waals surface area (Å²) in [7, 11) is 0. The number of fused-ring (bicyclic) bond motifs is 1. The Labute approximate surface area is 112 Å². The van der Waals surface area contributed by atoms with Crippen LogP contribution in [-0.2, 0) is 0 Å². The fourth-order valence-corrected chi connectivity index (χ4v) is 2.28. The Morgan fingerprint density at radius 2 is 2.00 bits per heavy atom. The summed E-state index contributed by atoms with van der Waals surface area (Å²) in [5, 5.41) is 10.2. The van der Waals surface area contributed by atoms with Gasteiger partial charge >= 0.3 is 5.97 Å². The van der Waals surface area contributed by atoms with Crippen molar-refractivity contribution in [3.05, 3.63) is 35.4 Å². The van der Waals surface area contributed by atoms with Crippen molar-refractivity contribution >= 4 is 22.7 Å². The van der Waals surface area contributed by atoms with Crippen LogP contribution < -0.4 is 4.90 Å². The van der Waals surface area contributed by atoms with Gasteiger partial charge in [-0.1, -0.05) is 12.1 Å². The van der Waals surface area contributed by atoms with E-state index in [1.54, 1.807) is 12.1 Å². The summed E-state index contributed by atoms with van der Waals surface area (Å²) in [4.78, 5) is 18.0. The number of hydrogen-bond donors (Lipinski definition) is 1. The number of para-hydroxylation sites is 1. The highest BCUT2D eigenvalue weighted by Gasteiger charge is 2.13. The van der Waals surface area contributed by atoms with Gasteiger partial charge in [0, 0.05) is 18.5 Å². The summed E-state index contributed by atoms with van der Waals surface area (Å²) < 4.78 is 0. The van der Waals surface area contributed by atoms with Crippen molar-refractivity contribution in [2.45, 2.75) is 20.8 Å². The molecule has 0 bridgehead atoms. The molecule has 1 aromatic heterocycles. The number of aromatic carboxylic acids is 1. The predicted molar refractivity (Wildman–Crippen MR) is 77.0 cm³/mol. The van der Waals surface area contributed by atoms with Crippen molar-refractivity contribution in [3.63, 3.8) is 0 Å². The fourth-order valence-electron chi connectivity index (χ4n) is 2.28. The van der Waals surface area contributed by atoms with Crippen molar-refractivity contribution in [1.82, 2.24) is 4.98 Å². The van der Waals surface area contributed by atoms with Gasteiger partial charge in [-0.15, -0.1) is 0 Å². The summed E-state index contributed by atoms with van der Waals surface area (Å²) in [6, 6.07) is 7.29. The number of carboxylic acids is 1. The number of rotatable bonds is 4. The van der Waals surface area contributed by atoms with Gasteiger partial charge in [0.1, 0.15) is 5.82 Å². The lowest BCUT2D eigenvalue weighted by molar-refractivity contribution is 0.0699. The number of pyridine rings is 1. The molecule has 0 aliphatic rings. The van der Waals surface area contributed by atoms with Gasteiger partial charge in [0.05, 0.1) is 11.1 Å². The van der Waals surface area contributed by atoms with E-state index in [9.17, 15) is 9.90 Å². The lowest BCUT2D eigenvalue weighted by atomic mass is 10.1. The van der Waals surface area contributed by atoms with E-state index >= 15 is 0 Å². The quantitative estimate of drug-likeness (QED) is 0.915. The van der Waals surface area contributed by atoms with E-state index in [2.05, 4.69) is 23.7 Å². The first-order valence-electron chi connectivity index (χ1n) is 6.47. The zero-order valence-corrected chi connectivity index (χ0v) is 11.5. The predicted octanol–water partition coefficient (Wildman–Crippen LogP) is 3.09. The first-order chi connectivity index (χ1) is 9.08. The number of benzene rings is 1. The minimum absolute atomic E-state index is 0.259. The second kappa shape index (κ2) is 5.26. The molecule has 19 heavy (non-hydrogen) atoms. The molecule has 0 saturated carbocycles. The molecule has 0 aliphatic heterocycles. The van der Waals surface area contributed by atoms with Crippen molar-refractivity contribution in [3.8, 4) is 0 Å². The zero-order valence-electron chi connectivity index (χ0n) is 11.5. The highest BCUT2D eigenvalue weighted by molar-refractivity contribution is 6.03. The Balaban J connectivity index is 2.72. The molecule has 0 unspecified atom stereocenters. The van der Waals surface area contributed by atoms with E-state index in [1.165, 1.54) is 0 Å². The van der Waals surface area contributed by atoms with E-state index < -0.39 is 5.97 Å². The van der Waals surface area contributed by atoms with Gasteiger partial charge < -0.3 is 10.0 Å². The zero-order chi connectivity index (χ0) is 14.0. The van der Waals surface area contributed by atoms with E-state index in [0.29, 0.717) is 5.52 Å². The molecule has 2 rings (SSSR count). The van der Waals surface area contributed by atoms with Gasteiger partial charge in [-0.05, 0) is 38.5 Å². The van der Waals surface area contributed by atoms with Crippen LogP contribution in [0.2, 0.25) is 0 Å². The lowest BCUT2D eigenvalue weighted by Gasteiger charge is -2.21. The van der Waals surface area contributed by atoms with Crippen LogP contribution in [-0.4, -0.2) is 29.1 Å². The van der Waals surface area contributed by atoms with Gasteiger partial charge in [0.25, 0.3) is 0 Å². The average Bonchev–Trinajstić information content (AvgIpc) is 2.39. The minimum atomic E-state index is -0.936. The minimum Gasteiger partial charge on any atom is -0.478 e. The molecule has 0 fully saturated rings. The third kappa shape index (κ3) is 2.38. The van der Waals surface area contributed by atoms with Crippen LogP contribution in [0.5, 0.6) is 0 Å². The molecule has 0 aliphatic carbocycles. The lowest BCUT2D eigenvalue weighted by Crippen LogP contribution is -2.23. The maximum absolute atomic E-state index is 11.3. The number of aryl methyl sites for hydroxylation is 1. The first kappa shape index (κ1) is 13.3. The van der Waals surface area contributed by atoms with Crippen LogP contribution in [0.25, 0.3) is 10.9 Å². The molecular weight excluding hydrogens is 240 g/mol. The summed E-state index contributed by atoms with van der Waals surface area (Å²) in [6.45, 7) is 7.82. The normalized spacial score (nSPS) is 10.7. The van der Waals surface area contributed by atoms with Crippen LogP contribution in [0.1, 0.15) is 29.8 Å². The molecule has 2 aromatic rings. The van der Waals surface area contributed by atoms with E-state index in [0.717, 1.165) is 29.9 Å². The number of carbonyl (C=O) groups is 1. The fraction of sp³-hybridized carbons (Fsp3) is 0.333. The topological polar surface area (TPSA) is 53.4 Å². The Bertz CT molecular complexity index is 619. The second-order valence-corrected chi connectivity index (χ2v) is 4.48. The summed E-state index contributed by atoms with van der Waals surface area (Å²) >= 11 is 0. The maximum atomic E-state index is 11.3. The molecule has 100 valence electrons. The highest BCUT2D eigenvalue weighted by Crippen LogP contribution is 2.25. The first-order valence-corrected chi connectivity index (χ1v) is 6.47. The Morgan fingerprint density at radius 3 is 2.58 bits per heavy atom. The SMILES string of the molecule is CCN(CC)c1cc(C)c2cccc(C(=O)O)c2n1. The van der Waals surface area contributed by atoms with Crippen LogP contribution in [0.4, 0.5) is 5.82 Å². The molecule has 1 N–H and O–H groups in total. The van der Waals surface area contributed by atoms with Crippen molar-refractivity contribution < 1.29 is 9.90 Å². The van der Waals surface area contributed by atoms with Gasteiger partial charge in [-0.2, -0.15) is 0 Å². The van der Waals surface area contributed by atoms with Crippen molar-refractivity contribution in [2.24, 2.45) is 0 Å². The molecular formula is C15H18N2O2. The van der Waals surface area contributed by atoms with Gasteiger partial charge in [-0.3, -0.25) is 0 Å². The van der Waals surface area contributed by atoms with Crippen LogP contribution in [0.3, 0.4) is 0 Å².